The van der Waals surface area contributed by atoms with Crippen molar-refractivity contribution in [1.82, 2.24) is 19.1 Å². The Morgan fingerprint density at radius 2 is 1.86 bits per heavy atom. The zero-order valence-corrected chi connectivity index (χ0v) is 21.7. The van der Waals surface area contributed by atoms with Crippen LogP contribution in [0.4, 0.5) is 0 Å². The van der Waals surface area contributed by atoms with E-state index in [0.29, 0.717) is 36.0 Å². The van der Waals surface area contributed by atoms with Gasteiger partial charge < -0.3 is 14.2 Å². The fourth-order valence-electron chi connectivity index (χ4n) is 7.19. The molecule has 6 atom stereocenters. The highest BCUT2D eigenvalue weighted by atomic mass is 32.2. The monoisotopic (exact) mass is 512 g/mol. The SMILES string of the molecule is COc1ccc(S(=O)(=O)NCC2CC3CCN2CC3CN2CC3CC(C2)c2cccc(=O)n2C3)cc1. The molecule has 4 bridgehead atoms. The van der Waals surface area contributed by atoms with Crippen molar-refractivity contribution in [2.75, 3.05) is 46.4 Å². The van der Waals surface area contributed by atoms with Gasteiger partial charge in [-0.25, -0.2) is 13.1 Å². The van der Waals surface area contributed by atoms with Crippen molar-refractivity contribution in [2.45, 2.75) is 42.7 Å². The molecule has 0 amide bonds. The number of nitrogens with one attached hydrogen (secondary N) is 1. The summed E-state index contributed by atoms with van der Waals surface area (Å²) in [5.74, 6) is 2.92. The maximum atomic E-state index is 12.8. The van der Waals surface area contributed by atoms with Crippen LogP contribution in [0.15, 0.2) is 52.2 Å². The minimum atomic E-state index is -3.54. The van der Waals surface area contributed by atoms with E-state index < -0.39 is 10.0 Å². The highest BCUT2D eigenvalue weighted by molar-refractivity contribution is 7.89. The number of aromatic nitrogens is 1. The number of methoxy groups -OCH3 is 1. The largest absolute Gasteiger partial charge is 0.497 e. The van der Waals surface area contributed by atoms with Crippen LogP contribution in [0.2, 0.25) is 0 Å². The van der Waals surface area contributed by atoms with Crippen LogP contribution in [0, 0.1) is 17.8 Å². The number of sulfonamides is 1. The number of benzene rings is 1. The summed E-state index contributed by atoms with van der Waals surface area (Å²) in [7, 11) is -1.97. The summed E-state index contributed by atoms with van der Waals surface area (Å²) in [6.45, 7) is 6.62. The van der Waals surface area contributed by atoms with E-state index in [0.717, 1.165) is 45.7 Å². The average Bonchev–Trinajstić information content (AvgIpc) is 2.89. The van der Waals surface area contributed by atoms with Gasteiger partial charge in [-0.15, -0.1) is 0 Å². The molecule has 9 heteroatoms. The standard InChI is InChI=1S/C27H36N4O4S/c1-35-24-5-7-25(8-6-24)36(33,34)28-13-23-12-20-9-10-30(23)18-22(20)17-29-14-19-11-21(16-29)26-3-2-4-27(32)31(26)15-19/h2-8,19-23,28H,9-18H2,1H3. The molecule has 1 N–H and O–H groups in total. The number of ether oxygens (including phenoxy) is 1. The second kappa shape index (κ2) is 9.59. The Morgan fingerprint density at radius 3 is 2.61 bits per heavy atom. The third-order valence-electron chi connectivity index (χ3n) is 8.94. The van der Waals surface area contributed by atoms with E-state index in [9.17, 15) is 13.2 Å². The van der Waals surface area contributed by atoms with Crippen molar-refractivity contribution in [3.8, 4) is 5.75 Å². The van der Waals surface area contributed by atoms with Gasteiger partial charge in [0.2, 0.25) is 10.0 Å². The molecule has 194 valence electrons. The van der Waals surface area contributed by atoms with Crippen LogP contribution in [0.3, 0.4) is 0 Å². The van der Waals surface area contributed by atoms with Gasteiger partial charge in [0.25, 0.3) is 5.56 Å². The normalized spacial score (nSPS) is 31.7. The number of fused-ring (bicyclic) bond motifs is 7. The number of nitrogens with zero attached hydrogens (tertiary/aromatic N) is 3. The summed E-state index contributed by atoms with van der Waals surface area (Å²) in [6.07, 6.45) is 3.44. The zero-order valence-electron chi connectivity index (χ0n) is 20.9. The van der Waals surface area contributed by atoms with Crippen LogP contribution < -0.4 is 15.0 Å². The second-order valence-electron chi connectivity index (χ2n) is 11.1. The maximum Gasteiger partial charge on any atom is 0.250 e. The van der Waals surface area contributed by atoms with Crippen LogP contribution in [0.25, 0.3) is 0 Å². The smallest absolute Gasteiger partial charge is 0.250 e. The summed E-state index contributed by atoms with van der Waals surface area (Å²) in [4.78, 5) is 17.8. The first-order valence-electron chi connectivity index (χ1n) is 13.2. The molecule has 0 spiro atoms. The number of hydrogen-bond donors (Lipinski definition) is 1. The summed E-state index contributed by atoms with van der Waals surface area (Å²) in [5, 5.41) is 0. The lowest BCUT2D eigenvalue weighted by molar-refractivity contribution is -0.0187. The van der Waals surface area contributed by atoms with Gasteiger partial charge in [-0.2, -0.15) is 0 Å². The summed E-state index contributed by atoms with van der Waals surface area (Å²) >= 11 is 0. The summed E-state index contributed by atoms with van der Waals surface area (Å²) in [5.41, 5.74) is 1.35. The molecule has 8 nitrogen and oxygen atoms in total. The van der Waals surface area contributed by atoms with E-state index in [1.165, 1.54) is 18.5 Å². The van der Waals surface area contributed by atoms with Crippen LogP contribution in [-0.4, -0.2) is 75.2 Å². The van der Waals surface area contributed by atoms with E-state index in [4.69, 9.17) is 4.74 Å². The van der Waals surface area contributed by atoms with Crippen molar-refractivity contribution < 1.29 is 13.2 Å². The van der Waals surface area contributed by atoms with Crippen molar-refractivity contribution in [2.24, 2.45) is 17.8 Å². The summed E-state index contributed by atoms with van der Waals surface area (Å²) in [6, 6.07) is 12.5. The molecule has 2 aromatic rings. The van der Waals surface area contributed by atoms with Crippen LogP contribution >= 0.6 is 0 Å². The molecule has 6 heterocycles. The Kier molecular flexibility index (Phi) is 6.44. The molecule has 0 aliphatic carbocycles. The first-order chi connectivity index (χ1) is 17.4. The zero-order chi connectivity index (χ0) is 24.9. The Morgan fingerprint density at radius 1 is 1.03 bits per heavy atom. The lowest BCUT2D eigenvalue weighted by Crippen LogP contribution is -2.59. The van der Waals surface area contributed by atoms with Crippen molar-refractivity contribution in [3.05, 3.63) is 58.5 Å². The number of likely N-dealkylation sites (tertiary alicyclic amines) is 1. The fraction of sp³-hybridized carbons (Fsp3) is 0.593. The lowest BCUT2D eigenvalue weighted by atomic mass is 9.74. The van der Waals surface area contributed by atoms with Crippen LogP contribution in [0.1, 0.15) is 30.9 Å². The van der Waals surface area contributed by atoms with E-state index in [-0.39, 0.29) is 16.5 Å². The van der Waals surface area contributed by atoms with E-state index in [1.807, 2.05) is 10.6 Å². The van der Waals surface area contributed by atoms with Crippen molar-refractivity contribution >= 4 is 10.0 Å². The quantitative estimate of drug-likeness (QED) is 0.611. The topological polar surface area (TPSA) is 83.9 Å². The van der Waals surface area contributed by atoms with Gasteiger partial charge in [0.15, 0.2) is 0 Å². The molecule has 5 aliphatic rings. The lowest BCUT2D eigenvalue weighted by Gasteiger charge is -2.52. The van der Waals surface area contributed by atoms with Gasteiger partial charge in [0.1, 0.15) is 5.75 Å². The second-order valence-corrected chi connectivity index (χ2v) is 12.9. The van der Waals surface area contributed by atoms with Gasteiger partial charge in [0.05, 0.1) is 12.0 Å². The number of hydrogen-bond acceptors (Lipinski definition) is 6. The highest BCUT2D eigenvalue weighted by Crippen LogP contribution is 2.39. The first-order valence-corrected chi connectivity index (χ1v) is 14.7. The molecular weight excluding hydrogens is 476 g/mol. The van der Waals surface area contributed by atoms with Crippen molar-refractivity contribution in [3.63, 3.8) is 0 Å². The molecule has 7 rings (SSSR count). The Balaban J connectivity index is 1.05. The number of piperidine rings is 4. The predicted octanol–water partition coefficient (Wildman–Crippen LogP) is 1.96. The third kappa shape index (κ3) is 4.62. The van der Waals surface area contributed by atoms with Gasteiger partial charge in [-0.1, -0.05) is 6.07 Å². The Bertz CT molecular complexity index is 1260. The minimum absolute atomic E-state index is 0.140. The molecule has 4 fully saturated rings. The molecule has 36 heavy (non-hydrogen) atoms. The van der Waals surface area contributed by atoms with E-state index in [2.05, 4.69) is 20.6 Å². The Labute approximate surface area is 213 Å². The summed E-state index contributed by atoms with van der Waals surface area (Å²) < 4.78 is 35.6. The van der Waals surface area contributed by atoms with Gasteiger partial charge in [0, 0.05) is 63.0 Å². The molecule has 4 saturated heterocycles. The van der Waals surface area contributed by atoms with E-state index in [1.54, 1.807) is 37.4 Å². The molecule has 0 saturated carbocycles. The number of rotatable bonds is 7. The molecule has 0 radical (unpaired) electrons. The Hall–Kier alpha value is -2.20. The fourth-order valence-corrected chi connectivity index (χ4v) is 8.26. The molecule has 1 aromatic carbocycles. The first kappa shape index (κ1) is 24.2. The van der Waals surface area contributed by atoms with Gasteiger partial charge >= 0.3 is 0 Å². The van der Waals surface area contributed by atoms with E-state index >= 15 is 0 Å². The molecule has 5 aliphatic heterocycles. The minimum Gasteiger partial charge on any atom is -0.497 e. The highest BCUT2D eigenvalue weighted by Gasteiger charge is 2.42. The number of pyridine rings is 1. The predicted molar refractivity (Wildman–Crippen MR) is 138 cm³/mol. The molecule has 6 unspecified atom stereocenters. The van der Waals surface area contributed by atoms with Gasteiger partial charge in [-0.3, -0.25) is 9.69 Å². The third-order valence-corrected chi connectivity index (χ3v) is 10.4. The van der Waals surface area contributed by atoms with Gasteiger partial charge in [-0.05, 0) is 73.9 Å². The maximum absolute atomic E-state index is 12.8. The van der Waals surface area contributed by atoms with Crippen molar-refractivity contribution in [1.29, 1.82) is 0 Å². The average molecular weight is 513 g/mol. The molecule has 1 aromatic heterocycles. The van der Waals surface area contributed by atoms with Crippen LogP contribution in [-0.2, 0) is 16.6 Å². The van der Waals surface area contributed by atoms with Crippen LogP contribution in [0.5, 0.6) is 5.75 Å². The molecular formula is C27H36N4O4S.